The number of benzene rings is 1. The monoisotopic (exact) mass is 320 g/mol. The highest BCUT2D eigenvalue weighted by molar-refractivity contribution is 5.87. The number of hydrogen-bond acceptors (Lipinski definition) is 4. The summed E-state index contributed by atoms with van der Waals surface area (Å²) >= 11 is 0. The third-order valence-electron chi connectivity index (χ3n) is 2.69. The van der Waals surface area contributed by atoms with E-state index in [0.717, 1.165) is 18.2 Å². The maximum atomic E-state index is 12.9. The molecule has 0 aliphatic rings. The Morgan fingerprint density at radius 1 is 1.36 bits per heavy atom. The fourth-order valence-corrected chi connectivity index (χ4v) is 1.74. The number of phenols is 1. The minimum absolute atomic E-state index is 0.154. The highest BCUT2D eigenvalue weighted by atomic mass is 19.4. The number of aromatic hydroxyl groups is 1. The molecule has 1 atom stereocenters. The lowest BCUT2D eigenvalue weighted by Crippen LogP contribution is -2.29. The molecular weight excluding hydrogens is 301 g/mol. The first-order valence-electron chi connectivity index (χ1n) is 6.53. The highest BCUT2D eigenvalue weighted by Gasteiger charge is 2.39. The van der Waals surface area contributed by atoms with Crippen LogP contribution in [0.15, 0.2) is 18.2 Å². The maximum absolute atomic E-state index is 12.9. The molecule has 1 unspecified atom stereocenters. The van der Waals surface area contributed by atoms with Crippen molar-refractivity contribution in [2.24, 2.45) is 5.73 Å². The Labute approximate surface area is 126 Å². The fraction of sp³-hybridized carbons (Fsp3) is 0.500. The van der Waals surface area contributed by atoms with Crippen LogP contribution in [-0.2, 0) is 4.74 Å². The van der Waals surface area contributed by atoms with Gasteiger partial charge in [-0.1, -0.05) is 6.07 Å². The Hall–Kier alpha value is -1.96. The summed E-state index contributed by atoms with van der Waals surface area (Å²) in [5.74, 6) is -2.25. The van der Waals surface area contributed by atoms with Gasteiger partial charge in [0.15, 0.2) is 0 Å². The molecule has 1 rings (SSSR count). The van der Waals surface area contributed by atoms with Crippen LogP contribution in [0.25, 0.3) is 0 Å². The van der Waals surface area contributed by atoms with E-state index >= 15 is 0 Å². The van der Waals surface area contributed by atoms with Crippen LogP contribution in [-0.4, -0.2) is 29.5 Å². The van der Waals surface area contributed by atoms with E-state index < -0.39 is 30.3 Å². The molecule has 0 fully saturated rings. The van der Waals surface area contributed by atoms with Gasteiger partial charge in [-0.3, -0.25) is 5.32 Å². The summed E-state index contributed by atoms with van der Waals surface area (Å²) < 4.78 is 43.6. The van der Waals surface area contributed by atoms with Crippen LogP contribution in [0.1, 0.15) is 32.3 Å². The molecule has 0 saturated carbocycles. The normalized spacial score (nSPS) is 13.6. The van der Waals surface area contributed by atoms with Crippen molar-refractivity contribution in [3.8, 4) is 5.75 Å². The third-order valence-corrected chi connectivity index (χ3v) is 2.69. The van der Waals surface area contributed by atoms with Crippen LogP contribution < -0.4 is 11.1 Å². The van der Waals surface area contributed by atoms with E-state index in [1.54, 1.807) is 20.8 Å². The van der Waals surface area contributed by atoms with Crippen LogP contribution in [0.2, 0.25) is 0 Å². The van der Waals surface area contributed by atoms with Crippen LogP contribution in [0.5, 0.6) is 5.75 Å². The van der Waals surface area contributed by atoms with Gasteiger partial charge in [0.1, 0.15) is 11.4 Å². The van der Waals surface area contributed by atoms with Crippen LogP contribution in [0, 0.1) is 0 Å². The van der Waals surface area contributed by atoms with Gasteiger partial charge in [-0.15, -0.1) is 0 Å². The second-order valence-electron chi connectivity index (χ2n) is 5.73. The van der Waals surface area contributed by atoms with E-state index in [1.807, 2.05) is 0 Å². The molecule has 1 amide bonds. The van der Waals surface area contributed by atoms with Crippen LogP contribution in [0.3, 0.4) is 0 Å². The van der Waals surface area contributed by atoms with E-state index in [2.05, 4.69) is 5.32 Å². The van der Waals surface area contributed by atoms with E-state index in [-0.39, 0.29) is 17.0 Å². The van der Waals surface area contributed by atoms with Crippen LogP contribution in [0.4, 0.5) is 23.7 Å². The summed E-state index contributed by atoms with van der Waals surface area (Å²) in [6.45, 7) is 4.27. The lowest BCUT2D eigenvalue weighted by atomic mass is 9.98. The minimum Gasteiger partial charge on any atom is -0.506 e. The van der Waals surface area contributed by atoms with E-state index in [0.29, 0.717) is 0 Å². The summed E-state index contributed by atoms with van der Waals surface area (Å²) in [7, 11) is 0. The number of phenolic OH excluding ortho intramolecular Hbond substituents is 1. The van der Waals surface area contributed by atoms with Gasteiger partial charge in [0.25, 0.3) is 0 Å². The standard InChI is InChI=1S/C14H19F3N2O3/c1-13(2,3)22-12(21)19-10-6-8(4-5-11(10)20)9(7-18)14(15,16)17/h4-6,9,20H,7,18H2,1-3H3,(H,19,21). The van der Waals surface area contributed by atoms with Crippen molar-refractivity contribution in [3.63, 3.8) is 0 Å². The number of hydrogen-bond donors (Lipinski definition) is 3. The second kappa shape index (κ2) is 6.43. The Balaban J connectivity index is 3.02. The van der Waals surface area contributed by atoms with Crippen molar-refractivity contribution in [2.45, 2.75) is 38.5 Å². The Morgan fingerprint density at radius 2 is 1.95 bits per heavy atom. The number of carbonyl (C=O) groups excluding carboxylic acids is 1. The fourth-order valence-electron chi connectivity index (χ4n) is 1.74. The van der Waals surface area contributed by atoms with Gasteiger partial charge in [-0.25, -0.2) is 4.79 Å². The number of rotatable bonds is 3. The van der Waals surface area contributed by atoms with Gasteiger partial charge < -0.3 is 15.6 Å². The molecular formula is C14H19F3N2O3. The first-order valence-corrected chi connectivity index (χ1v) is 6.53. The summed E-state index contributed by atoms with van der Waals surface area (Å²) in [6.07, 6.45) is -5.40. The Morgan fingerprint density at radius 3 is 2.41 bits per heavy atom. The zero-order valence-corrected chi connectivity index (χ0v) is 12.5. The predicted octanol–water partition coefficient (Wildman–Crippen LogP) is 3.34. The van der Waals surface area contributed by atoms with Gasteiger partial charge in [-0.2, -0.15) is 13.2 Å². The Bertz CT molecular complexity index is 539. The van der Waals surface area contributed by atoms with E-state index in [9.17, 15) is 23.1 Å². The van der Waals surface area contributed by atoms with Gasteiger partial charge in [-0.05, 0) is 38.5 Å². The van der Waals surface area contributed by atoms with Crippen molar-refractivity contribution in [1.82, 2.24) is 0 Å². The van der Waals surface area contributed by atoms with Gasteiger partial charge >= 0.3 is 12.3 Å². The number of nitrogens with two attached hydrogens (primary N) is 1. The van der Waals surface area contributed by atoms with Gasteiger partial charge in [0.05, 0.1) is 11.6 Å². The number of halogens is 3. The average Bonchev–Trinajstić information content (AvgIpc) is 2.29. The van der Waals surface area contributed by atoms with Gasteiger partial charge in [0, 0.05) is 6.54 Å². The second-order valence-corrected chi connectivity index (χ2v) is 5.73. The molecule has 0 heterocycles. The first kappa shape index (κ1) is 18.1. The molecule has 4 N–H and O–H groups in total. The molecule has 0 aliphatic carbocycles. The Kier molecular flexibility index (Phi) is 5.29. The number of carbonyl (C=O) groups is 1. The number of ether oxygens (including phenoxy) is 1. The van der Waals surface area contributed by atoms with Crippen LogP contribution >= 0.6 is 0 Å². The van der Waals surface area contributed by atoms with Crippen molar-refractivity contribution in [2.75, 3.05) is 11.9 Å². The number of amides is 1. The number of nitrogens with one attached hydrogen (secondary N) is 1. The van der Waals surface area contributed by atoms with Crippen molar-refractivity contribution in [3.05, 3.63) is 23.8 Å². The van der Waals surface area contributed by atoms with Gasteiger partial charge in [0.2, 0.25) is 0 Å². The maximum Gasteiger partial charge on any atom is 0.412 e. The summed E-state index contributed by atoms with van der Waals surface area (Å²) in [5.41, 5.74) is 4.07. The van der Waals surface area contributed by atoms with E-state index in [4.69, 9.17) is 10.5 Å². The third kappa shape index (κ3) is 5.10. The molecule has 1 aromatic carbocycles. The molecule has 8 heteroatoms. The molecule has 0 bridgehead atoms. The summed E-state index contributed by atoms with van der Waals surface area (Å²) in [5, 5.41) is 11.9. The summed E-state index contributed by atoms with van der Waals surface area (Å²) in [6, 6.07) is 3.21. The molecule has 0 saturated heterocycles. The molecule has 1 aromatic rings. The van der Waals surface area contributed by atoms with Crippen molar-refractivity contribution in [1.29, 1.82) is 0 Å². The molecule has 124 valence electrons. The van der Waals surface area contributed by atoms with Crippen molar-refractivity contribution < 1.29 is 27.8 Å². The topological polar surface area (TPSA) is 84.6 Å². The molecule has 0 aromatic heterocycles. The smallest absolute Gasteiger partial charge is 0.412 e. The highest BCUT2D eigenvalue weighted by Crippen LogP contribution is 2.37. The quantitative estimate of drug-likeness (QED) is 0.746. The zero-order chi connectivity index (χ0) is 17.1. The number of alkyl halides is 3. The SMILES string of the molecule is CC(C)(C)OC(=O)Nc1cc(C(CN)C(F)(F)F)ccc1O. The zero-order valence-electron chi connectivity index (χ0n) is 12.5. The summed E-state index contributed by atoms with van der Waals surface area (Å²) in [4.78, 5) is 11.6. The lowest BCUT2D eigenvalue weighted by Gasteiger charge is -2.21. The average molecular weight is 320 g/mol. The minimum atomic E-state index is -4.52. The lowest BCUT2D eigenvalue weighted by molar-refractivity contribution is -0.148. The number of anilines is 1. The largest absolute Gasteiger partial charge is 0.506 e. The molecule has 0 radical (unpaired) electrons. The van der Waals surface area contributed by atoms with E-state index in [1.165, 1.54) is 0 Å². The molecule has 5 nitrogen and oxygen atoms in total. The molecule has 0 spiro atoms. The molecule has 22 heavy (non-hydrogen) atoms. The predicted molar refractivity (Wildman–Crippen MR) is 75.8 cm³/mol. The first-order chi connectivity index (χ1) is 9.94. The van der Waals surface area contributed by atoms with Crippen molar-refractivity contribution >= 4 is 11.8 Å². The molecule has 0 aliphatic heterocycles.